The van der Waals surface area contributed by atoms with Crippen LogP contribution in [0.25, 0.3) is 0 Å². The number of hydrogen-bond donors (Lipinski definition) is 1. The van der Waals surface area contributed by atoms with Crippen LogP contribution in [-0.4, -0.2) is 34.6 Å². The Balaban J connectivity index is 3.46. The molecule has 1 atom stereocenters. The molecule has 0 heterocycles. The standard InChI is InChI=1S/C5H11BrN2O3/c1-5(9)4-8(10)7-11-3-2-6/h5,9H,2-4H2,1H3. The van der Waals surface area contributed by atoms with Crippen molar-refractivity contribution in [2.75, 3.05) is 18.5 Å². The first kappa shape index (κ1) is 10.6. The van der Waals surface area contributed by atoms with E-state index in [0.29, 0.717) is 16.8 Å². The van der Waals surface area contributed by atoms with Crippen LogP contribution in [0, 0.1) is 5.21 Å². The minimum atomic E-state index is -0.691. The predicted octanol–water partition coefficient (Wildman–Crippen LogP) is 0.656. The molecule has 66 valence electrons. The Labute approximate surface area is 73.3 Å². The Hall–Kier alpha value is -0.360. The Bertz CT molecular complexity index is 129. The topological polar surface area (TPSA) is 67.9 Å². The summed E-state index contributed by atoms with van der Waals surface area (Å²) in [5, 5.41) is 23.1. The lowest BCUT2D eigenvalue weighted by Crippen LogP contribution is -2.16. The summed E-state index contributed by atoms with van der Waals surface area (Å²) in [4.78, 5) is 4.84. The smallest absolute Gasteiger partial charge is 0.209 e. The van der Waals surface area contributed by atoms with Crippen molar-refractivity contribution in [2.45, 2.75) is 13.0 Å². The minimum Gasteiger partial charge on any atom is -0.597 e. The first-order valence-corrected chi connectivity index (χ1v) is 4.30. The molecule has 0 aliphatic heterocycles. The average Bonchev–Trinajstić information content (AvgIpc) is 1.86. The quantitative estimate of drug-likeness (QED) is 0.246. The zero-order valence-corrected chi connectivity index (χ0v) is 7.82. The van der Waals surface area contributed by atoms with Crippen LogP contribution >= 0.6 is 15.9 Å². The summed E-state index contributed by atoms with van der Waals surface area (Å²) < 4.78 is 0. The van der Waals surface area contributed by atoms with Crippen LogP contribution in [0.1, 0.15) is 6.92 Å². The molecule has 0 bridgehead atoms. The number of aliphatic hydroxyl groups is 1. The SMILES string of the molecule is CC(O)C[N+]([O-])=NOCCBr. The number of halogens is 1. The van der Waals surface area contributed by atoms with Crippen molar-refractivity contribution in [3.63, 3.8) is 0 Å². The Kier molecular flexibility index (Phi) is 6.15. The van der Waals surface area contributed by atoms with Crippen molar-refractivity contribution < 1.29 is 14.8 Å². The van der Waals surface area contributed by atoms with Gasteiger partial charge in [0.25, 0.3) is 0 Å². The largest absolute Gasteiger partial charge is 0.597 e. The molecule has 0 amide bonds. The molecule has 0 aliphatic carbocycles. The van der Waals surface area contributed by atoms with Crippen LogP contribution in [0.2, 0.25) is 0 Å². The van der Waals surface area contributed by atoms with E-state index in [4.69, 9.17) is 5.11 Å². The van der Waals surface area contributed by atoms with Gasteiger partial charge in [0, 0.05) is 5.33 Å². The van der Waals surface area contributed by atoms with Gasteiger partial charge >= 0.3 is 0 Å². The molecule has 1 unspecified atom stereocenters. The Morgan fingerprint density at radius 2 is 2.45 bits per heavy atom. The van der Waals surface area contributed by atoms with Crippen molar-refractivity contribution in [1.82, 2.24) is 0 Å². The summed E-state index contributed by atoms with van der Waals surface area (Å²) in [7, 11) is 0. The molecule has 6 heteroatoms. The van der Waals surface area contributed by atoms with Gasteiger partial charge in [-0.05, 0) is 6.92 Å². The second-order valence-corrected chi connectivity index (χ2v) is 2.78. The first-order valence-electron chi connectivity index (χ1n) is 3.18. The van der Waals surface area contributed by atoms with Gasteiger partial charge in [-0.25, -0.2) is 0 Å². The minimum absolute atomic E-state index is 0.0672. The van der Waals surface area contributed by atoms with Gasteiger partial charge < -0.3 is 15.2 Å². The average molecular weight is 227 g/mol. The van der Waals surface area contributed by atoms with Crippen LogP contribution < -0.4 is 0 Å². The van der Waals surface area contributed by atoms with E-state index in [9.17, 15) is 5.21 Å². The lowest BCUT2D eigenvalue weighted by molar-refractivity contribution is -0.565. The highest BCUT2D eigenvalue weighted by Gasteiger charge is 2.02. The molecule has 0 radical (unpaired) electrons. The monoisotopic (exact) mass is 226 g/mol. The highest BCUT2D eigenvalue weighted by Crippen LogP contribution is 1.86. The number of hydrogen-bond acceptors (Lipinski definition) is 4. The summed E-state index contributed by atoms with van der Waals surface area (Å²) in [6.45, 7) is 1.78. The molecule has 0 fully saturated rings. The Morgan fingerprint density at radius 1 is 1.82 bits per heavy atom. The van der Waals surface area contributed by atoms with Gasteiger partial charge in [0.2, 0.25) is 6.54 Å². The van der Waals surface area contributed by atoms with Crippen molar-refractivity contribution in [2.24, 2.45) is 5.28 Å². The van der Waals surface area contributed by atoms with Gasteiger partial charge in [-0.1, -0.05) is 20.8 Å². The highest BCUT2D eigenvalue weighted by molar-refractivity contribution is 9.09. The molecule has 0 aromatic rings. The molecule has 0 spiro atoms. The molecule has 0 rings (SSSR count). The van der Waals surface area contributed by atoms with Gasteiger partial charge in [-0.3, -0.25) is 0 Å². The van der Waals surface area contributed by atoms with E-state index >= 15 is 0 Å². The number of rotatable bonds is 5. The molecule has 0 aromatic heterocycles. The van der Waals surface area contributed by atoms with Crippen LogP contribution in [0.4, 0.5) is 0 Å². The number of hydroxylamine groups is 1. The lowest BCUT2D eigenvalue weighted by atomic mass is 10.4. The fraction of sp³-hybridized carbons (Fsp3) is 1.00. The van der Waals surface area contributed by atoms with Gasteiger partial charge in [-0.2, -0.15) is 0 Å². The van der Waals surface area contributed by atoms with Crippen LogP contribution in [0.5, 0.6) is 0 Å². The summed E-state index contributed by atoms with van der Waals surface area (Å²) in [6, 6.07) is 0. The third-order valence-corrected chi connectivity index (χ3v) is 1.06. The van der Waals surface area contributed by atoms with E-state index in [1.165, 1.54) is 6.92 Å². The van der Waals surface area contributed by atoms with Crippen molar-refractivity contribution in [3.05, 3.63) is 5.21 Å². The molecular formula is C5H11BrN2O3. The third kappa shape index (κ3) is 7.54. The molecule has 5 nitrogen and oxygen atoms in total. The van der Waals surface area contributed by atoms with E-state index in [-0.39, 0.29) is 6.54 Å². The van der Waals surface area contributed by atoms with E-state index in [2.05, 4.69) is 26.0 Å². The highest BCUT2D eigenvalue weighted by atomic mass is 79.9. The Morgan fingerprint density at radius 3 is 2.91 bits per heavy atom. The second kappa shape index (κ2) is 6.36. The summed E-state index contributed by atoms with van der Waals surface area (Å²) in [5.41, 5.74) is 0. The third-order valence-electron chi connectivity index (χ3n) is 0.738. The van der Waals surface area contributed by atoms with Gasteiger partial charge in [0.15, 0.2) is 5.28 Å². The fourth-order valence-electron chi connectivity index (χ4n) is 0.399. The molecule has 1 N–H and O–H groups in total. The number of alkyl halides is 1. The molecule has 0 aliphatic rings. The zero-order chi connectivity index (χ0) is 8.69. The van der Waals surface area contributed by atoms with Gasteiger partial charge in [0.05, 0.1) is 0 Å². The van der Waals surface area contributed by atoms with Crippen LogP contribution in [-0.2, 0) is 4.84 Å². The summed E-state index contributed by atoms with van der Waals surface area (Å²) >= 11 is 3.10. The van der Waals surface area contributed by atoms with Crippen LogP contribution in [0.15, 0.2) is 5.28 Å². The summed E-state index contributed by atoms with van der Waals surface area (Å²) in [6.07, 6.45) is -0.691. The number of aliphatic hydroxyl groups excluding tert-OH is 1. The van der Waals surface area contributed by atoms with Crippen molar-refractivity contribution in [1.29, 1.82) is 0 Å². The molecule has 0 saturated carbocycles. The van der Waals surface area contributed by atoms with E-state index in [1.807, 2.05) is 0 Å². The van der Waals surface area contributed by atoms with E-state index in [1.54, 1.807) is 0 Å². The maximum Gasteiger partial charge on any atom is 0.209 e. The van der Waals surface area contributed by atoms with Crippen LogP contribution in [0.3, 0.4) is 0 Å². The zero-order valence-electron chi connectivity index (χ0n) is 6.23. The normalized spacial score (nSPS) is 14.6. The van der Waals surface area contributed by atoms with E-state index in [0.717, 1.165) is 0 Å². The lowest BCUT2D eigenvalue weighted by Gasteiger charge is -2.01. The maximum absolute atomic E-state index is 10.6. The van der Waals surface area contributed by atoms with Gasteiger partial charge in [0.1, 0.15) is 12.7 Å². The molecular weight excluding hydrogens is 216 g/mol. The van der Waals surface area contributed by atoms with Crippen molar-refractivity contribution >= 4 is 15.9 Å². The van der Waals surface area contributed by atoms with Gasteiger partial charge in [-0.15, -0.1) is 0 Å². The summed E-state index contributed by atoms with van der Waals surface area (Å²) in [5.74, 6) is 0. The molecule has 11 heavy (non-hydrogen) atoms. The molecule has 0 aromatic carbocycles. The number of nitrogens with zero attached hydrogens (tertiary/aromatic N) is 2. The van der Waals surface area contributed by atoms with E-state index < -0.39 is 6.10 Å². The first-order chi connectivity index (χ1) is 5.16. The van der Waals surface area contributed by atoms with Crippen molar-refractivity contribution in [3.8, 4) is 0 Å². The fourth-order valence-corrected chi connectivity index (χ4v) is 0.544. The molecule has 0 saturated heterocycles. The second-order valence-electron chi connectivity index (χ2n) is 1.99. The predicted molar refractivity (Wildman–Crippen MR) is 42.3 cm³/mol. The maximum atomic E-state index is 10.6.